The summed E-state index contributed by atoms with van der Waals surface area (Å²) in [6, 6.07) is 1.84. The first kappa shape index (κ1) is 9.93. The highest BCUT2D eigenvalue weighted by atomic mass is 32.2. The molecule has 1 aromatic rings. The molecule has 1 aromatic heterocycles. The van der Waals surface area contributed by atoms with Gasteiger partial charge in [0.05, 0.1) is 6.54 Å². The average Bonchev–Trinajstić information content (AvgIpc) is 2.72. The maximum Gasteiger partial charge on any atom is 0.141 e. The Hall–Kier alpha value is -0.610. The van der Waals surface area contributed by atoms with Gasteiger partial charge in [-0.05, 0) is 36.5 Å². The van der Waals surface area contributed by atoms with Crippen molar-refractivity contribution in [1.29, 1.82) is 0 Å². The number of hydrogen-bond donors (Lipinski definition) is 1. The first-order valence-electron chi connectivity index (χ1n) is 4.99. The number of hydrogen-bond acceptors (Lipinski definition) is 4. The molecule has 0 radical (unpaired) electrons. The van der Waals surface area contributed by atoms with Gasteiger partial charge in [0.1, 0.15) is 5.82 Å². The highest BCUT2D eigenvalue weighted by Gasteiger charge is 2.14. The van der Waals surface area contributed by atoms with Gasteiger partial charge in [-0.25, -0.2) is 9.97 Å². The van der Waals surface area contributed by atoms with E-state index in [1.54, 1.807) is 12.4 Å². The summed E-state index contributed by atoms with van der Waals surface area (Å²) in [6.07, 6.45) is 4.93. The van der Waals surface area contributed by atoms with Crippen molar-refractivity contribution in [2.45, 2.75) is 13.0 Å². The summed E-state index contributed by atoms with van der Waals surface area (Å²) < 4.78 is 0. The lowest BCUT2D eigenvalue weighted by Gasteiger charge is -2.08. The molecule has 1 fully saturated rings. The molecule has 0 saturated carbocycles. The molecule has 1 unspecified atom stereocenters. The maximum atomic E-state index is 4.16. The second-order valence-electron chi connectivity index (χ2n) is 3.53. The van der Waals surface area contributed by atoms with Crippen molar-refractivity contribution >= 4 is 11.8 Å². The van der Waals surface area contributed by atoms with Crippen molar-refractivity contribution in [3.63, 3.8) is 0 Å². The van der Waals surface area contributed by atoms with Crippen LogP contribution >= 0.6 is 11.8 Å². The lowest BCUT2D eigenvalue weighted by molar-refractivity contribution is 0.516. The van der Waals surface area contributed by atoms with Crippen LogP contribution in [0.15, 0.2) is 18.5 Å². The SMILES string of the molecule is c1cnc(CNCC2CCSC2)nc1. The van der Waals surface area contributed by atoms with Crippen molar-refractivity contribution in [2.24, 2.45) is 5.92 Å². The quantitative estimate of drug-likeness (QED) is 0.811. The molecule has 2 rings (SSSR count). The van der Waals surface area contributed by atoms with Crippen LogP contribution in [0.1, 0.15) is 12.2 Å². The molecule has 0 amide bonds. The third-order valence-corrected chi connectivity index (χ3v) is 3.59. The number of aromatic nitrogens is 2. The van der Waals surface area contributed by atoms with Gasteiger partial charge < -0.3 is 5.32 Å². The first-order chi connectivity index (χ1) is 6.95. The molecule has 1 aliphatic heterocycles. The topological polar surface area (TPSA) is 37.8 Å². The minimum absolute atomic E-state index is 0.794. The molecule has 2 heterocycles. The molecule has 0 bridgehead atoms. The fourth-order valence-electron chi connectivity index (χ4n) is 1.55. The average molecular weight is 209 g/mol. The van der Waals surface area contributed by atoms with Crippen LogP contribution in [0, 0.1) is 5.92 Å². The third kappa shape index (κ3) is 2.96. The van der Waals surface area contributed by atoms with E-state index in [2.05, 4.69) is 27.0 Å². The Labute approximate surface area is 88.7 Å². The summed E-state index contributed by atoms with van der Waals surface area (Å²) in [5.74, 6) is 4.37. The Morgan fingerprint density at radius 1 is 1.43 bits per heavy atom. The minimum Gasteiger partial charge on any atom is -0.310 e. The Kier molecular flexibility index (Phi) is 3.77. The van der Waals surface area contributed by atoms with E-state index in [-0.39, 0.29) is 0 Å². The third-order valence-electron chi connectivity index (χ3n) is 2.36. The zero-order chi connectivity index (χ0) is 9.64. The smallest absolute Gasteiger partial charge is 0.141 e. The summed E-state index contributed by atoms with van der Waals surface area (Å²) in [5, 5.41) is 3.41. The normalized spacial score (nSPS) is 21.3. The van der Waals surface area contributed by atoms with E-state index in [9.17, 15) is 0 Å². The Morgan fingerprint density at radius 3 is 3.00 bits per heavy atom. The highest BCUT2D eigenvalue weighted by molar-refractivity contribution is 7.99. The number of thioether (sulfide) groups is 1. The lowest BCUT2D eigenvalue weighted by Crippen LogP contribution is -2.23. The molecule has 3 nitrogen and oxygen atoms in total. The second-order valence-corrected chi connectivity index (χ2v) is 4.68. The molecular formula is C10H15N3S. The number of nitrogens with one attached hydrogen (secondary N) is 1. The van der Waals surface area contributed by atoms with E-state index >= 15 is 0 Å². The summed E-state index contributed by atoms with van der Waals surface area (Å²) >= 11 is 2.06. The van der Waals surface area contributed by atoms with Gasteiger partial charge in [0, 0.05) is 12.4 Å². The summed E-state index contributed by atoms with van der Waals surface area (Å²) in [6.45, 7) is 1.90. The minimum atomic E-state index is 0.794. The number of rotatable bonds is 4. The van der Waals surface area contributed by atoms with Gasteiger partial charge in [-0.2, -0.15) is 11.8 Å². The maximum absolute atomic E-state index is 4.16. The predicted octanol–water partition coefficient (Wildman–Crippen LogP) is 1.32. The second kappa shape index (κ2) is 5.32. The molecule has 0 aromatic carbocycles. The van der Waals surface area contributed by atoms with Crippen LogP contribution in [0.3, 0.4) is 0 Å². The molecule has 1 saturated heterocycles. The van der Waals surface area contributed by atoms with Crippen molar-refractivity contribution in [3.8, 4) is 0 Å². The van der Waals surface area contributed by atoms with Crippen LogP contribution in [0.2, 0.25) is 0 Å². The van der Waals surface area contributed by atoms with E-state index < -0.39 is 0 Å². The van der Waals surface area contributed by atoms with E-state index in [1.165, 1.54) is 17.9 Å². The zero-order valence-electron chi connectivity index (χ0n) is 8.15. The molecule has 76 valence electrons. The monoisotopic (exact) mass is 209 g/mol. The van der Waals surface area contributed by atoms with Crippen molar-refractivity contribution in [3.05, 3.63) is 24.3 Å². The molecule has 0 aliphatic carbocycles. The van der Waals surface area contributed by atoms with Crippen LogP contribution in [0.5, 0.6) is 0 Å². The summed E-state index contributed by atoms with van der Waals surface area (Å²) in [4.78, 5) is 8.33. The molecule has 0 spiro atoms. The summed E-state index contributed by atoms with van der Waals surface area (Å²) in [5.41, 5.74) is 0. The highest BCUT2D eigenvalue weighted by Crippen LogP contribution is 2.22. The molecule has 1 aliphatic rings. The van der Waals surface area contributed by atoms with Gasteiger partial charge >= 0.3 is 0 Å². The van der Waals surface area contributed by atoms with Gasteiger partial charge in [0.2, 0.25) is 0 Å². The standard InChI is InChI=1S/C10H15N3S/c1-3-12-10(13-4-1)7-11-6-9-2-5-14-8-9/h1,3-4,9,11H,2,5-8H2. The van der Waals surface area contributed by atoms with Crippen LogP contribution in [-0.2, 0) is 6.54 Å². The molecule has 1 atom stereocenters. The van der Waals surface area contributed by atoms with Gasteiger partial charge in [-0.1, -0.05) is 0 Å². The largest absolute Gasteiger partial charge is 0.310 e. The van der Waals surface area contributed by atoms with Gasteiger partial charge in [-0.3, -0.25) is 0 Å². The molecule has 1 N–H and O–H groups in total. The van der Waals surface area contributed by atoms with E-state index in [1.807, 2.05) is 6.07 Å². The van der Waals surface area contributed by atoms with Crippen LogP contribution in [0.4, 0.5) is 0 Å². The van der Waals surface area contributed by atoms with Gasteiger partial charge in [-0.15, -0.1) is 0 Å². The first-order valence-corrected chi connectivity index (χ1v) is 6.15. The van der Waals surface area contributed by atoms with E-state index in [0.29, 0.717) is 0 Å². The van der Waals surface area contributed by atoms with Crippen molar-refractivity contribution in [1.82, 2.24) is 15.3 Å². The van der Waals surface area contributed by atoms with Crippen LogP contribution < -0.4 is 5.32 Å². The van der Waals surface area contributed by atoms with Gasteiger partial charge in [0.25, 0.3) is 0 Å². The van der Waals surface area contributed by atoms with Crippen molar-refractivity contribution < 1.29 is 0 Å². The van der Waals surface area contributed by atoms with E-state index in [0.717, 1.165) is 24.8 Å². The molecule has 4 heteroatoms. The fraction of sp³-hybridized carbons (Fsp3) is 0.600. The lowest BCUT2D eigenvalue weighted by atomic mass is 10.1. The zero-order valence-corrected chi connectivity index (χ0v) is 8.96. The van der Waals surface area contributed by atoms with E-state index in [4.69, 9.17) is 0 Å². The molecule has 14 heavy (non-hydrogen) atoms. The van der Waals surface area contributed by atoms with Crippen molar-refractivity contribution in [2.75, 3.05) is 18.1 Å². The Balaban J connectivity index is 1.67. The predicted molar refractivity (Wildman–Crippen MR) is 59.2 cm³/mol. The Morgan fingerprint density at radius 2 is 2.29 bits per heavy atom. The Bertz CT molecular complexity index is 259. The number of nitrogens with zero attached hydrogens (tertiary/aromatic N) is 2. The fourth-order valence-corrected chi connectivity index (χ4v) is 2.84. The van der Waals surface area contributed by atoms with Crippen LogP contribution in [-0.4, -0.2) is 28.0 Å². The van der Waals surface area contributed by atoms with Crippen LogP contribution in [0.25, 0.3) is 0 Å². The van der Waals surface area contributed by atoms with Gasteiger partial charge in [0.15, 0.2) is 0 Å². The molecular weight excluding hydrogens is 194 g/mol. The summed E-state index contributed by atoms with van der Waals surface area (Å²) in [7, 11) is 0.